The van der Waals surface area contributed by atoms with Gasteiger partial charge in [-0.3, -0.25) is 4.79 Å². The summed E-state index contributed by atoms with van der Waals surface area (Å²) in [6, 6.07) is 3.44. The molecule has 0 spiro atoms. The van der Waals surface area contributed by atoms with Crippen LogP contribution in [0.25, 0.3) is 0 Å². The summed E-state index contributed by atoms with van der Waals surface area (Å²) in [5.74, 6) is 1.39. The Bertz CT molecular complexity index is 399. The summed E-state index contributed by atoms with van der Waals surface area (Å²) in [6.07, 6.45) is 3.95. The smallest absolute Gasteiger partial charge is 0.280 e. The molecule has 4 nitrogen and oxygen atoms in total. The topological polar surface area (TPSA) is 46.4 Å². The maximum atomic E-state index is 11.8. The minimum Gasteiger partial charge on any atom is -0.327 e. The number of pyridine rings is 1. The molecule has 0 aromatic carbocycles. The lowest BCUT2D eigenvalue weighted by atomic mass is 9.99. The van der Waals surface area contributed by atoms with E-state index in [2.05, 4.69) is 17.2 Å². The lowest BCUT2D eigenvalue weighted by molar-refractivity contribution is -0.897. The van der Waals surface area contributed by atoms with Gasteiger partial charge in [-0.05, 0) is 30.9 Å². The molecule has 1 fully saturated rings. The van der Waals surface area contributed by atoms with Crippen LogP contribution in [0.15, 0.2) is 18.3 Å². The van der Waals surface area contributed by atoms with Gasteiger partial charge in [0.05, 0.1) is 18.1 Å². The number of likely N-dealkylation sites (tertiary alicyclic amines) is 1. The molecule has 1 aromatic rings. The van der Waals surface area contributed by atoms with Gasteiger partial charge < -0.3 is 10.2 Å². The molecule has 2 rings (SSSR count). The maximum Gasteiger partial charge on any atom is 0.280 e. The van der Waals surface area contributed by atoms with Crippen LogP contribution in [-0.4, -0.2) is 30.5 Å². The van der Waals surface area contributed by atoms with Gasteiger partial charge in [-0.25, -0.2) is 4.98 Å². The molecule has 0 aliphatic carbocycles. The third-order valence-corrected chi connectivity index (χ3v) is 3.61. The molecule has 98 valence electrons. The van der Waals surface area contributed by atoms with Gasteiger partial charge in [-0.15, -0.1) is 0 Å². The molecule has 0 unspecified atom stereocenters. The Labute approximate surface area is 112 Å². The van der Waals surface area contributed by atoms with Crippen LogP contribution in [0.5, 0.6) is 0 Å². The Balaban J connectivity index is 1.80. The molecule has 5 heteroatoms. The quantitative estimate of drug-likeness (QED) is 0.859. The van der Waals surface area contributed by atoms with Crippen LogP contribution in [-0.2, 0) is 4.79 Å². The van der Waals surface area contributed by atoms with Gasteiger partial charge >= 0.3 is 0 Å². The fraction of sp³-hybridized carbons (Fsp3) is 0.538. The van der Waals surface area contributed by atoms with Gasteiger partial charge in [0.2, 0.25) is 0 Å². The molecule has 1 aliphatic heterocycles. The zero-order valence-corrected chi connectivity index (χ0v) is 11.3. The average Bonchev–Trinajstić information content (AvgIpc) is 2.35. The fourth-order valence-corrected chi connectivity index (χ4v) is 2.32. The predicted molar refractivity (Wildman–Crippen MR) is 71.8 cm³/mol. The van der Waals surface area contributed by atoms with Crippen LogP contribution >= 0.6 is 11.6 Å². The van der Waals surface area contributed by atoms with Crippen LogP contribution < -0.4 is 10.2 Å². The van der Waals surface area contributed by atoms with Gasteiger partial charge in [-0.1, -0.05) is 18.5 Å². The van der Waals surface area contributed by atoms with Gasteiger partial charge in [0.1, 0.15) is 5.82 Å². The highest BCUT2D eigenvalue weighted by atomic mass is 35.5. The van der Waals surface area contributed by atoms with Crippen molar-refractivity contribution in [2.45, 2.75) is 19.8 Å². The van der Waals surface area contributed by atoms with Crippen molar-refractivity contribution < 1.29 is 9.69 Å². The molecule has 2 heterocycles. The monoisotopic (exact) mass is 268 g/mol. The molecule has 1 aliphatic rings. The van der Waals surface area contributed by atoms with E-state index in [1.54, 1.807) is 12.1 Å². The largest absolute Gasteiger partial charge is 0.327 e. The van der Waals surface area contributed by atoms with Crippen molar-refractivity contribution in [1.82, 2.24) is 4.98 Å². The van der Waals surface area contributed by atoms with Crippen molar-refractivity contribution in [2.24, 2.45) is 5.92 Å². The molecule has 1 aromatic heterocycles. The average molecular weight is 269 g/mol. The Morgan fingerprint density at radius 2 is 2.22 bits per heavy atom. The number of anilines is 1. The van der Waals surface area contributed by atoms with Crippen molar-refractivity contribution in [3.05, 3.63) is 23.4 Å². The van der Waals surface area contributed by atoms with Crippen LogP contribution in [0.3, 0.4) is 0 Å². The van der Waals surface area contributed by atoms with E-state index in [4.69, 9.17) is 11.6 Å². The fourth-order valence-electron chi connectivity index (χ4n) is 2.21. The standard InChI is InChI=1S/C13H18ClN3O/c1-10-4-6-17(7-5-10)9-13(18)16-12-3-2-11(14)8-15-12/h2-3,8,10H,4-7,9H2,1H3,(H,15,16,18)/p+1. The van der Waals surface area contributed by atoms with Crippen LogP contribution in [0, 0.1) is 5.92 Å². The number of nitrogens with zero attached hydrogens (tertiary/aromatic N) is 1. The van der Waals surface area contributed by atoms with Crippen molar-refractivity contribution >= 4 is 23.3 Å². The number of quaternary nitrogens is 1. The molecule has 18 heavy (non-hydrogen) atoms. The Hall–Kier alpha value is -1.13. The highest BCUT2D eigenvalue weighted by Crippen LogP contribution is 2.09. The number of carbonyl (C=O) groups is 1. The number of hydrogen-bond acceptors (Lipinski definition) is 2. The van der Waals surface area contributed by atoms with E-state index < -0.39 is 0 Å². The highest BCUT2D eigenvalue weighted by molar-refractivity contribution is 6.30. The van der Waals surface area contributed by atoms with Crippen molar-refractivity contribution in [2.75, 3.05) is 25.0 Å². The summed E-state index contributed by atoms with van der Waals surface area (Å²) in [5, 5.41) is 3.37. The molecule has 0 atom stereocenters. The van der Waals surface area contributed by atoms with E-state index in [0.717, 1.165) is 19.0 Å². The van der Waals surface area contributed by atoms with Crippen molar-refractivity contribution in [3.63, 3.8) is 0 Å². The second kappa shape index (κ2) is 6.16. The van der Waals surface area contributed by atoms with Crippen LogP contribution in [0.1, 0.15) is 19.8 Å². The Morgan fingerprint density at radius 3 is 2.83 bits per heavy atom. The van der Waals surface area contributed by atoms with Crippen molar-refractivity contribution in [3.8, 4) is 0 Å². The molecule has 0 saturated carbocycles. The summed E-state index contributed by atoms with van der Waals surface area (Å²) in [7, 11) is 0. The minimum atomic E-state index is 0.0226. The van der Waals surface area contributed by atoms with Gasteiger partial charge in [0.25, 0.3) is 5.91 Å². The number of nitrogens with one attached hydrogen (secondary N) is 2. The summed E-state index contributed by atoms with van der Waals surface area (Å²) in [6.45, 7) is 4.97. The number of amides is 1. The first kappa shape index (κ1) is 13.3. The predicted octanol–water partition coefficient (Wildman–Crippen LogP) is 0.988. The number of piperidine rings is 1. The first-order valence-corrected chi connectivity index (χ1v) is 6.76. The summed E-state index contributed by atoms with van der Waals surface area (Å²) in [5.41, 5.74) is 0. The van der Waals surface area contributed by atoms with E-state index in [1.807, 2.05) is 0 Å². The third-order valence-electron chi connectivity index (χ3n) is 3.39. The van der Waals surface area contributed by atoms with Gasteiger partial charge in [0, 0.05) is 6.20 Å². The first-order chi connectivity index (χ1) is 8.63. The molecule has 0 radical (unpaired) electrons. The highest BCUT2D eigenvalue weighted by Gasteiger charge is 2.21. The van der Waals surface area contributed by atoms with Gasteiger partial charge in [-0.2, -0.15) is 0 Å². The number of hydrogen-bond donors (Lipinski definition) is 2. The van der Waals surface area contributed by atoms with Crippen LogP contribution in [0.2, 0.25) is 5.02 Å². The van der Waals surface area contributed by atoms with E-state index in [0.29, 0.717) is 17.4 Å². The first-order valence-electron chi connectivity index (χ1n) is 6.38. The minimum absolute atomic E-state index is 0.0226. The molecule has 1 saturated heterocycles. The Morgan fingerprint density at radius 1 is 1.50 bits per heavy atom. The molecule has 1 amide bonds. The third kappa shape index (κ3) is 3.96. The number of carbonyl (C=O) groups excluding carboxylic acids is 1. The summed E-state index contributed by atoms with van der Waals surface area (Å²) >= 11 is 5.74. The maximum absolute atomic E-state index is 11.8. The summed E-state index contributed by atoms with van der Waals surface area (Å²) < 4.78 is 0. The van der Waals surface area contributed by atoms with E-state index in [1.165, 1.54) is 23.9 Å². The number of halogens is 1. The zero-order valence-electron chi connectivity index (χ0n) is 10.6. The zero-order chi connectivity index (χ0) is 13.0. The summed E-state index contributed by atoms with van der Waals surface area (Å²) in [4.78, 5) is 17.3. The number of rotatable bonds is 3. The molecule has 2 N–H and O–H groups in total. The second-order valence-corrected chi connectivity index (χ2v) is 5.46. The van der Waals surface area contributed by atoms with E-state index >= 15 is 0 Å². The van der Waals surface area contributed by atoms with Crippen LogP contribution in [0.4, 0.5) is 5.82 Å². The number of aromatic nitrogens is 1. The second-order valence-electron chi connectivity index (χ2n) is 5.02. The van der Waals surface area contributed by atoms with E-state index in [9.17, 15) is 4.79 Å². The molecule has 0 bridgehead atoms. The lowest BCUT2D eigenvalue weighted by Crippen LogP contribution is -3.14. The Kier molecular flexibility index (Phi) is 4.55. The van der Waals surface area contributed by atoms with Gasteiger partial charge in [0.15, 0.2) is 6.54 Å². The molecular weight excluding hydrogens is 250 g/mol. The SMILES string of the molecule is CC1CC[NH+](CC(=O)Nc2ccc(Cl)cn2)CC1. The van der Waals surface area contributed by atoms with Crippen molar-refractivity contribution in [1.29, 1.82) is 0 Å². The molecular formula is C13H19ClN3O+. The normalized spacial score (nSPS) is 23.7. The van der Waals surface area contributed by atoms with E-state index in [-0.39, 0.29) is 5.91 Å². The lowest BCUT2D eigenvalue weighted by Gasteiger charge is -2.26.